The zero-order valence-electron chi connectivity index (χ0n) is 15.5. The van der Waals surface area contributed by atoms with Crippen molar-refractivity contribution >= 4 is 23.7 Å². The van der Waals surface area contributed by atoms with E-state index in [-0.39, 0.29) is 35.3 Å². The van der Waals surface area contributed by atoms with Gasteiger partial charge in [0, 0.05) is 37.8 Å². The Bertz CT molecular complexity index is 672. The summed E-state index contributed by atoms with van der Waals surface area (Å²) in [6.07, 6.45) is 0.628. The summed E-state index contributed by atoms with van der Waals surface area (Å²) >= 11 is 1.37. The zero-order chi connectivity index (χ0) is 19.4. The number of carbonyl (C=O) groups is 2. The number of nitrogens with one attached hydrogen (secondary N) is 1. The number of halogens is 2. The summed E-state index contributed by atoms with van der Waals surface area (Å²) in [7, 11) is 1.65. The van der Waals surface area contributed by atoms with E-state index in [1.54, 1.807) is 11.9 Å². The van der Waals surface area contributed by atoms with Gasteiger partial charge < -0.3 is 15.1 Å². The molecule has 1 aromatic rings. The molecule has 8 heteroatoms. The van der Waals surface area contributed by atoms with E-state index in [0.717, 1.165) is 6.07 Å². The molecule has 3 amide bonds. The summed E-state index contributed by atoms with van der Waals surface area (Å²) in [5, 5.41) is 2.00. The first kappa shape index (κ1) is 20.5. The predicted octanol–water partition coefficient (Wildman–Crippen LogP) is 3.37. The van der Waals surface area contributed by atoms with Gasteiger partial charge in [0.05, 0.1) is 5.25 Å². The smallest absolute Gasteiger partial charge is 0.317 e. The highest BCUT2D eigenvalue weighted by Gasteiger charge is 2.41. The molecule has 5 nitrogen and oxygen atoms in total. The number of rotatable bonds is 6. The fraction of sp³-hybridized carbons (Fsp3) is 0.556. The Balaban J connectivity index is 2.14. The Kier molecular flexibility index (Phi) is 6.86. The number of benzene rings is 1. The number of nitrogens with zero attached hydrogens (tertiary/aromatic N) is 2. The molecule has 0 spiro atoms. The van der Waals surface area contributed by atoms with Crippen LogP contribution in [0.3, 0.4) is 0 Å². The van der Waals surface area contributed by atoms with E-state index in [1.807, 2.05) is 20.8 Å². The van der Waals surface area contributed by atoms with Crippen molar-refractivity contribution in [3.63, 3.8) is 0 Å². The van der Waals surface area contributed by atoms with Crippen LogP contribution in [0.1, 0.15) is 38.1 Å². The van der Waals surface area contributed by atoms with E-state index >= 15 is 0 Å². The lowest BCUT2D eigenvalue weighted by Gasteiger charge is -2.27. The predicted molar refractivity (Wildman–Crippen MR) is 98.8 cm³/mol. The summed E-state index contributed by atoms with van der Waals surface area (Å²) in [6, 6.07) is 3.20. The van der Waals surface area contributed by atoms with Crippen molar-refractivity contribution in [3.05, 3.63) is 35.4 Å². The number of amides is 3. The molecule has 0 bridgehead atoms. The van der Waals surface area contributed by atoms with Crippen molar-refractivity contribution in [2.24, 2.45) is 0 Å². The standard InChI is InChI=1S/C18H25F2N3O2S/c1-5-15-16(24)23(9-8-22(4)18(25)21-11(2)3)17(26-15)13-7-6-12(19)10-14(13)20/h6-7,10-11,15,17H,5,8-9H2,1-4H3,(H,21,25)/t15-,17+/m0/s1. The van der Waals surface area contributed by atoms with Crippen LogP contribution in [0.15, 0.2) is 18.2 Å². The van der Waals surface area contributed by atoms with Crippen LogP contribution < -0.4 is 5.32 Å². The topological polar surface area (TPSA) is 52.6 Å². The zero-order valence-corrected chi connectivity index (χ0v) is 16.3. The van der Waals surface area contributed by atoms with Crippen LogP contribution in [0, 0.1) is 11.6 Å². The molecule has 1 N–H and O–H groups in total. The van der Waals surface area contributed by atoms with Gasteiger partial charge in [0.2, 0.25) is 5.91 Å². The maximum atomic E-state index is 14.2. The first-order valence-electron chi connectivity index (χ1n) is 8.67. The van der Waals surface area contributed by atoms with Crippen LogP contribution >= 0.6 is 11.8 Å². The molecule has 1 fully saturated rings. The van der Waals surface area contributed by atoms with E-state index in [4.69, 9.17) is 0 Å². The molecule has 1 saturated heterocycles. The van der Waals surface area contributed by atoms with E-state index in [9.17, 15) is 18.4 Å². The molecule has 2 rings (SSSR count). The highest BCUT2D eigenvalue weighted by atomic mass is 32.2. The maximum Gasteiger partial charge on any atom is 0.317 e. The van der Waals surface area contributed by atoms with Crippen LogP contribution in [0.25, 0.3) is 0 Å². The quantitative estimate of drug-likeness (QED) is 0.817. The Labute approximate surface area is 157 Å². The largest absolute Gasteiger partial charge is 0.336 e. The summed E-state index contributed by atoms with van der Waals surface area (Å²) in [6.45, 7) is 6.24. The average Bonchev–Trinajstić information content (AvgIpc) is 2.87. The van der Waals surface area contributed by atoms with E-state index in [2.05, 4.69) is 5.32 Å². The SMILES string of the molecule is CC[C@@H]1S[C@H](c2ccc(F)cc2F)N(CCN(C)C(=O)NC(C)C)C1=O. The van der Waals surface area contributed by atoms with E-state index in [1.165, 1.54) is 28.8 Å². The summed E-state index contributed by atoms with van der Waals surface area (Å²) in [4.78, 5) is 27.7. The Morgan fingerprint density at radius 2 is 2.08 bits per heavy atom. The van der Waals surface area contributed by atoms with Crippen molar-refractivity contribution in [2.45, 2.75) is 43.9 Å². The first-order valence-corrected chi connectivity index (χ1v) is 9.61. The third-order valence-electron chi connectivity index (χ3n) is 4.17. The van der Waals surface area contributed by atoms with Gasteiger partial charge in [-0.1, -0.05) is 13.0 Å². The summed E-state index contributed by atoms with van der Waals surface area (Å²) in [5.41, 5.74) is 0.287. The Morgan fingerprint density at radius 3 is 2.65 bits per heavy atom. The number of likely N-dealkylation sites (N-methyl/N-ethyl adjacent to an activating group) is 1. The summed E-state index contributed by atoms with van der Waals surface area (Å²) < 4.78 is 27.5. The maximum absolute atomic E-state index is 14.2. The lowest BCUT2D eigenvalue weighted by atomic mass is 10.1. The normalized spacial score (nSPS) is 20.0. The highest BCUT2D eigenvalue weighted by Crippen LogP contribution is 2.44. The molecule has 0 saturated carbocycles. The third-order valence-corrected chi connectivity index (χ3v) is 5.80. The second-order valence-electron chi connectivity index (χ2n) is 6.61. The van der Waals surface area contributed by atoms with Gasteiger partial charge in [-0.2, -0.15) is 0 Å². The van der Waals surface area contributed by atoms with Crippen molar-refractivity contribution in [2.75, 3.05) is 20.1 Å². The first-order chi connectivity index (χ1) is 12.2. The van der Waals surface area contributed by atoms with Crippen molar-refractivity contribution < 1.29 is 18.4 Å². The molecule has 1 aliphatic rings. The van der Waals surface area contributed by atoms with Gasteiger partial charge in [-0.15, -0.1) is 11.8 Å². The van der Waals surface area contributed by atoms with Crippen LogP contribution in [0.5, 0.6) is 0 Å². The fourth-order valence-corrected chi connectivity index (χ4v) is 4.19. The van der Waals surface area contributed by atoms with E-state index < -0.39 is 17.0 Å². The molecule has 0 aromatic heterocycles. The minimum Gasteiger partial charge on any atom is -0.336 e. The van der Waals surface area contributed by atoms with Crippen LogP contribution in [-0.2, 0) is 4.79 Å². The lowest BCUT2D eigenvalue weighted by molar-refractivity contribution is -0.130. The number of carbonyl (C=O) groups excluding carboxylic acids is 2. The number of thioether (sulfide) groups is 1. The molecule has 2 atom stereocenters. The minimum absolute atomic E-state index is 0.0134. The lowest BCUT2D eigenvalue weighted by Crippen LogP contribution is -2.44. The number of urea groups is 1. The number of hydrogen-bond acceptors (Lipinski definition) is 3. The molecule has 144 valence electrons. The molecule has 26 heavy (non-hydrogen) atoms. The Morgan fingerprint density at radius 1 is 1.38 bits per heavy atom. The molecule has 0 unspecified atom stereocenters. The fourth-order valence-electron chi connectivity index (χ4n) is 2.75. The van der Waals surface area contributed by atoms with Crippen LogP contribution in [-0.4, -0.2) is 53.2 Å². The minimum atomic E-state index is -0.664. The molecular weight excluding hydrogens is 360 g/mol. The van der Waals surface area contributed by atoms with Gasteiger partial charge in [-0.25, -0.2) is 13.6 Å². The highest BCUT2D eigenvalue weighted by molar-refractivity contribution is 8.01. The second-order valence-corrected chi connectivity index (χ2v) is 7.90. The number of hydrogen-bond donors (Lipinski definition) is 1. The van der Waals surface area contributed by atoms with Crippen molar-refractivity contribution in [1.82, 2.24) is 15.1 Å². The molecule has 1 aliphatic heterocycles. The van der Waals surface area contributed by atoms with Crippen LogP contribution in [0.4, 0.5) is 13.6 Å². The van der Waals surface area contributed by atoms with Gasteiger partial charge in [0.15, 0.2) is 0 Å². The van der Waals surface area contributed by atoms with Gasteiger partial charge in [-0.05, 0) is 26.3 Å². The second kappa shape index (κ2) is 8.70. The molecule has 0 aliphatic carbocycles. The third kappa shape index (κ3) is 4.66. The molecule has 1 heterocycles. The van der Waals surface area contributed by atoms with Crippen molar-refractivity contribution in [1.29, 1.82) is 0 Å². The van der Waals surface area contributed by atoms with Gasteiger partial charge in [-0.3, -0.25) is 4.79 Å². The Hall–Kier alpha value is -1.83. The van der Waals surface area contributed by atoms with Crippen molar-refractivity contribution in [3.8, 4) is 0 Å². The van der Waals surface area contributed by atoms with Crippen LogP contribution in [0.2, 0.25) is 0 Å². The monoisotopic (exact) mass is 385 g/mol. The average molecular weight is 385 g/mol. The van der Waals surface area contributed by atoms with Gasteiger partial charge >= 0.3 is 6.03 Å². The van der Waals surface area contributed by atoms with Gasteiger partial charge in [0.25, 0.3) is 0 Å². The van der Waals surface area contributed by atoms with E-state index in [0.29, 0.717) is 13.0 Å². The molecule has 0 radical (unpaired) electrons. The van der Waals surface area contributed by atoms with Gasteiger partial charge in [0.1, 0.15) is 17.0 Å². The summed E-state index contributed by atoms with van der Waals surface area (Å²) in [5.74, 6) is -1.39. The molecular formula is C18H25F2N3O2S. The molecule has 1 aromatic carbocycles.